The molecule has 0 radical (unpaired) electrons. The Morgan fingerprint density at radius 2 is 0.875 bits per heavy atom. The van der Waals surface area contributed by atoms with E-state index in [0.717, 1.165) is 11.4 Å². The molecule has 0 aliphatic rings. The lowest BCUT2D eigenvalue weighted by Gasteiger charge is -2.27. The maximum Gasteiger partial charge on any atom is 0.0640 e. The van der Waals surface area contributed by atoms with E-state index in [1.165, 1.54) is 80.1 Å². The van der Waals surface area contributed by atoms with Crippen LogP contribution in [0.4, 0.5) is 17.1 Å². The minimum Gasteiger partial charge on any atom is -0.309 e. The number of rotatable bonds is 4. The third kappa shape index (κ3) is 4.24. The Kier molecular flexibility index (Phi) is 6.12. The fourth-order valence-corrected chi connectivity index (χ4v) is 8.86. The molecule has 1 heterocycles. The molecule has 0 aliphatic heterocycles. The summed E-state index contributed by atoms with van der Waals surface area (Å²) in [5, 5.41) is 12.8. The van der Waals surface area contributed by atoms with E-state index in [2.05, 4.69) is 181 Å². The normalized spacial score (nSPS) is 11.8. The van der Waals surface area contributed by atoms with Crippen LogP contribution in [0, 0.1) is 0 Å². The summed E-state index contributed by atoms with van der Waals surface area (Å²) in [5.74, 6) is 0. The van der Waals surface area contributed by atoms with Gasteiger partial charge in [0, 0.05) is 26.8 Å². The summed E-state index contributed by atoms with van der Waals surface area (Å²) >= 11 is 1.90. The van der Waals surface area contributed by atoms with Crippen molar-refractivity contribution in [2.75, 3.05) is 4.90 Å². The Morgan fingerprint density at radius 3 is 1.71 bits per heavy atom. The summed E-state index contributed by atoms with van der Waals surface area (Å²) in [5.41, 5.74) is 5.93. The Labute approximate surface area is 282 Å². The SMILES string of the molecule is c1ccc2c(-c3ccc(N(c4ccc5c(ccc6ccccc65)c4)c4cccc5c4sc4c6ccccc6ccc54)cc3)cccc2c1. The van der Waals surface area contributed by atoms with E-state index in [0.29, 0.717) is 0 Å². The van der Waals surface area contributed by atoms with Crippen LogP contribution in [0.25, 0.3) is 74.4 Å². The van der Waals surface area contributed by atoms with Crippen LogP contribution < -0.4 is 4.90 Å². The molecule has 0 aliphatic carbocycles. The number of fused-ring (bicyclic) bond motifs is 9. The van der Waals surface area contributed by atoms with E-state index in [9.17, 15) is 0 Å². The molecule has 0 N–H and O–H groups in total. The predicted octanol–water partition coefficient (Wildman–Crippen LogP) is 13.8. The lowest BCUT2D eigenvalue weighted by molar-refractivity contribution is 1.31. The lowest BCUT2D eigenvalue weighted by atomic mass is 9.98. The first-order valence-corrected chi connectivity index (χ1v) is 17.2. The number of thiophene rings is 1. The minimum absolute atomic E-state index is 1.13. The zero-order valence-electron chi connectivity index (χ0n) is 26.1. The molecule has 2 heteroatoms. The Balaban J connectivity index is 1.20. The van der Waals surface area contributed by atoms with Gasteiger partial charge in [-0.05, 0) is 84.5 Å². The van der Waals surface area contributed by atoms with Gasteiger partial charge in [-0.15, -0.1) is 11.3 Å². The Morgan fingerprint density at radius 1 is 0.333 bits per heavy atom. The third-order valence-corrected chi connectivity index (χ3v) is 11.1. The van der Waals surface area contributed by atoms with Crippen molar-refractivity contribution in [3.8, 4) is 11.1 Å². The minimum atomic E-state index is 1.13. The summed E-state index contributed by atoms with van der Waals surface area (Å²) in [6.45, 7) is 0. The fourth-order valence-electron chi connectivity index (χ4n) is 7.52. The van der Waals surface area contributed by atoms with Gasteiger partial charge in [0.05, 0.1) is 10.4 Å². The van der Waals surface area contributed by atoms with Gasteiger partial charge >= 0.3 is 0 Å². The summed E-state index contributed by atoms with van der Waals surface area (Å²) in [6, 6.07) is 64.5. The smallest absolute Gasteiger partial charge is 0.0640 e. The van der Waals surface area contributed by atoms with Gasteiger partial charge in [-0.1, -0.05) is 146 Å². The van der Waals surface area contributed by atoms with Crippen LogP contribution in [-0.2, 0) is 0 Å². The molecule has 48 heavy (non-hydrogen) atoms. The first-order valence-electron chi connectivity index (χ1n) is 16.4. The summed E-state index contributed by atoms with van der Waals surface area (Å²) in [6.07, 6.45) is 0. The third-order valence-electron chi connectivity index (χ3n) is 9.82. The maximum atomic E-state index is 2.45. The van der Waals surface area contributed by atoms with Gasteiger partial charge in [-0.3, -0.25) is 0 Å². The van der Waals surface area contributed by atoms with Crippen molar-refractivity contribution in [2.24, 2.45) is 0 Å². The van der Waals surface area contributed by atoms with Crippen LogP contribution in [0.2, 0.25) is 0 Å². The summed E-state index contributed by atoms with van der Waals surface area (Å²) in [7, 11) is 0. The van der Waals surface area contributed by atoms with Crippen LogP contribution in [0.15, 0.2) is 176 Å². The van der Waals surface area contributed by atoms with Crippen molar-refractivity contribution < 1.29 is 0 Å². The van der Waals surface area contributed by atoms with Crippen LogP contribution in [0.5, 0.6) is 0 Å². The first kappa shape index (κ1) is 27.2. The van der Waals surface area contributed by atoms with Crippen LogP contribution in [0.3, 0.4) is 0 Å². The second-order valence-electron chi connectivity index (χ2n) is 12.5. The molecule has 224 valence electrons. The van der Waals surface area contributed by atoms with Gasteiger partial charge in [-0.25, -0.2) is 0 Å². The average Bonchev–Trinajstić information content (AvgIpc) is 3.55. The van der Waals surface area contributed by atoms with E-state index in [4.69, 9.17) is 0 Å². The summed E-state index contributed by atoms with van der Waals surface area (Å²) < 4.78 is 2.63. The topological polar surface area (TPSA) is 3.24 Å². The highest BCUT2D eigenvalue weighted by molar-refractivity contribution is 7.27. The molecule has 10 rings (SSSR count). The largest absolute Gasteiger partial charge is 0.309 e. The number of anilines is 3. The van der Waals surface area contributed by atoms with Gasteiger partial charge in [0.25, 0.3) is 0 Å². The van der Waals surface area contributed by atoms with E-state index in [1.54, 1.807) is 0 Å². The monoisotopic (exact) mass is 627 g/mol. The van der Waals surface area contributed by atoms with Gasteiger partial charge in [0.15, 0.2) is 0 Å². The van der Waals surface area contributed by atoms with E-state index in [1.807, 2.05) is 11.3 Å². The van der Waals surface area contributed by atoms with Crippen molar-refractivity contribution >= 4 is 91.7 Å². The van der Waals surface area contributed by atoms with Crippen LogP contribution in [0.1, 0.15) is 0 Å². The van der Waals surface area contributed by atoms with Crippen molar-refractivity contribution in [3.05, 3.63) is 176 Å². The summed E-state index contributed by atoms with van der Waals surface area (Å²) in [4.78, 5) is 2.45. The number of nitrogens with zero attached hydrogens (tertiary/aromatic N) is 1. The molecular weight excluding hydrogens is 599 g/mol. The fraction of sp³-hybridized carbons (Fsp3) is 0. The van der Waals surface area contributed by atoms with Crippen molar-refractivity contribution in [1.29, 1.82) is 0 Å². The average molecular weight is 628 g/mol. The molecule has 0 fully saturated rings. The zero-order valence-corrected chi connectivity index (χ0v) is 26.9. The van der Waals surface area contributed by atoms with Gasteiger partial charge in [0.1, 0.15) is 0 Å². The van der Waals surface area contributed by atoms with Crippen LogP contribution in [-0.4, -0.2) is 0 Å². The second-order valence-corrected chi connectivity index (χ2v) is 13.5. The molecule has 0 spiro atoms. The zero-order chi connectivity index (χ0) is 31.6. The van der Waals surface area contributed by atoms with E-state index < -0.39 is 0 Å². The maximum absolute atomic E-state index is 2.45. The molecule has 0 saturated carbocycles. The molecule has 0 saturated heterocycles. The molecular formula is C46H29NS. The number of hydrogen-bond donors (Lipinski definition) is 0. The van der Waals surface area contributed by atoms with Gasteiger partial charge in [0.2, 0.25) is 0 Å². The molecule has 0 amide bonds. The van der Waals surface area contributed by atoms with Crippen molar-refractivity contribution in [1.82, 2.24) is 0 Å². The molecule has 0 atom stereocenters. The standard InChI is InChI=1S/C46H29NS/c1-4-13-37-30(9-1)12-7-16-39(37)33-21-24-35(25-22-33)47(36-26-28-40-34(29-36)20-19-31-10-2-5-14-38(31)40)44-18-8-17-42-43-27-23-32-11-3-6-15-41(32)45(43)48-46(42)44/h1-29H. The number of hydrogen-bond acceptors (Lipinski definition) is 2. The molecule has 1 nitrogen and oxygen atoms in total. The van der Waals surface area contributed by atoms with Gasteiger partial charge < -0.3 is 4.90 Å². The molecule has 10 aromatic rings. The lowest BCUT2D eigenvalue weighted by Crippen LogP contribution is -2.10. The quantitative estimate of drug-likeness (QED) is 0.176. The highest BCUT2D eigenvalue weighted by Crippen LogP contribution is 2.47. The highest BCUT2D eigenvalue weighted by atomic mass is 32.1. The molecule has 1 aromatic heterocycles. The van der Waals surface area contributed by atoms with E-state index >= 15 is 0 Å². The Hall–Kier alpha value is -5.96. The van der Waals surface area contributed by atoms with E-state index in [-0.39, 0.29) is 0 Å². The highest BCUT2D eigenvalue weighted by Gasteiger charge is 2.20. The first-order chi connectivity index (χ1) is 23.8. The molecule has 0 bridgehead atoms. The van der Waals surface area contributed by atoms with Crippen LogP contribution >= 0.6 is 11.3 Å². The van der Waals surface area contributed by atoms with Gasteiger partial charge in [-0.2, -0.15) is 0 Å². The molecule has 9 aromatic carbocycles. The molecule has 0 unspecified atom stereocenters. The number of benzene rings is 9. The Bertz CT molecular complexity index is 2840. The second kappa shape index (κ2) is 10.8. The van der Waals surface area contributed by atoms with Crippen molar-refractivity contribution in [3.63, 3.8) is 0 Å². The predicted molar refractivity (Wildman–Crippen MR) is 209 cm³/mol. The van der Waals surface area contributed by atoms with Crippen molar-refractivity contribution in [2.45, 2.75) is 0 Å².